The largest absolute Gasteiger partial charge is 0.452 e. The molecule has 1 amide bonds. The number of amides is 1. The molecule has 0 aliphatic heterocycles. The van der Waals surface area contributed by atoms with E-state index in [-0.39, 0.29) is 12.5 Å². The van der Waals surface area contributed by atoms with Crippen molar-refractivity contribution in [3.63, 3.8) is 0 Å². The third kappa shape index (κ3) is 5.14. The number of carbonyl (C=O) groups is 2. The Balaban J connectivity index is 1.59. The Kier molecular flexibility index (Phi) is 6.70. The van der Waals surface area contributed by atoms with E-state index in [1.807, 2.05) is 59.4 Å². The molecule has 5 nitrogen and oxygen atoms in total. The minimum Gasteiger partial charge on any atom is -0.452 e. The number of hydrogen-bond acceptors (Lipinski definition) is 4. The predicted molar refractivity (Wildman–Crippen MR) is 112 cm³/mol. The Labute approximate surface area is 168 Å². The smallest absolute Gasteiger partial charge is 0.338 e. The second-order valence-corrected chi connectivity index (χ2v) is 6.92. The van der Waals surface area contributed by atoms with E-state index in [9.17, 15) is 9.59 Å². The molecule has 0 saturated carbocycles. The highest BCUT2D eigenvalue weighted by Gasteiger charge is 2.12. The number of anilines is 1. The zero-order valence-electron chi connectivity index (χ0n) is 15.2. The highest BCUT2D eigenvalue weighted by atomic mass is 32.2. The van der Waals surface area contributed by atoms with Crippen LogP contribution in [0.15, 0.2) is 90.6 Å². The van der Waals surface area contributed by atoms with Crippen molar-refractivity contribution >= 4 is 29.3 Å². The summed E-state index contributed by atoms with van der Waals surface area (Å²) in [6, 6.07) is 18.3. The standard InChI is InChI=1S/C22H20N2O3S/c1-2-14-28-20-11-4-3-10-19(20)23-21(25)16-27-22(26)17-8-7-9-18(15-17)24-12-5-6-13-24/h2-13,15H,1,14,16H2,(H,23,25). The van der Waals surface area contributed by atoms with Gasteiger partial charge in [0.2, 0.25) is 0 Å². The maximum atomic E-state index is 12.3. The third-order valence-electron chi connectivity index (χ3n) is 3.84. The molecule has 0 aliphatic carbocycles. The number of thioether (sulfide) groups is 1. The summed E-state index contributed by atoms with van der Waals surface area (Å²) in [5.41, 5.74) is 1.92. The number of para-hydroxylation sites is 1. The van der Waals surface area contributed by atoms with Gasteiger partial charge in [0.05, 0.1) is 11.3 Å². The van der Waals surface area contributed by atoms with Gasteiger partial charge in [0.25, 0.3) is 5.91 Å². The zero-order valence-corrected chi connectivity index (χ0v) is 16.0. The van der Waals surface area contributed by atoms with Crippen molar-refractivity contribution in [2.75, 3.05) is 17.7 Å². The van der Waals surface area contributed by atoms with Gasteiger partial charge in [-0.25, -0.2) is 4.79 Å². The fourth-order valence-corrected chi connectivity index (χ4v) is 3.29. The summed E-state index contributed by atoms with van der Waals surface area (Å²) >= 11 is 1.57. The number of nitrogens with zero attached hydrogens (tertiary/aromatic N) is 1. The number of aromatic nitrogens is 1. The minimum absolute atomic E-state index is 0.354. The quantitative estimate of drug-likeness (QED) is 0.347. The molecular formula is C22H20N2O3S. The van der Waals surface area contributed by atoms with E-state index in [0.717, 1.165) is 16.3 Å². The van der Waals surface area contributed by atoms with Crippen LogP contribution >= 0.6 is 11.8 Å². The first-order valence-corrected chi connectivity index (χ1v) is 9.69. The topological polar surface area (TPSA) is 60.3 Å². The van der Waals surface area contributed by atoms with Crippen LogP contribution in [0, 0.1) is 0 Å². The molecule has 28 heavy (non-hydrogen) atoms. The fraction of sp³-hybridized carbons (Fsp3) is 0.0909. The van der Waals surface area contributed by atoms with Gasteiger partial charge in [0.1, 0.15) is 0 Å². The maximum absolute atomic E-state index is 12.3. The summed E-state index contributed by atoms with van der Waals surface area (Å²) < 4.78 is 7.06. The van der Waals surface area contributed by atoms with E-state index >= 15 is 0 Å². The molecule has 0 saturated heterocycles. The molecule has 3 aromatic rings. The van der Waals surface area contributed by atoms with E-state index < -0.39 is 5.97 Å². The predicted octanol–water partition coefficient (Wildman–Crippen LogP) is 4.55. The lowest BCUT2D eigenvalue weighted by Gasteiger charge is -2.11. The first kappa shape index (κ1) is 19.5. The molecule has 0 unspecified atom stereocenters. The van der Waals surface area contributed by atoms with E-state index in [1.54, 1.807) is 36.0 Å². The van der Waals surface area contributed by atoms with Crippen LogP contribution in [0.2, 0.25) is 0 Å². The van der Waals surface area contributed by atoms with Crippen LogP contribution < -0.4 is 5.32 Å². The molecule has 0 radical (unpaired) electrons. The fourth-order valence-electron chi connectivity index (χ4n) is 2.55. The lowest BCUT2D eigenvalue weighted by molar-refractivity contribution is -0.119. The van der Waals surface area contributed by atoms with Crippen molar-refractivity contribution < 1.29 is 14.3 Å². The first-order chi connectivity index (χ1) is 13.7. The summed E-state index contributed by atoms with van der Waals surface area (Å²) in [7, 11) is 0. The summed E-state index contributed by atoms with van der Waals surface area (Å²) in [6.45, 7) is 3.35. The number of hydrogen-bond donors (Lipinski definition) is 1. The van der Waals surface area contributed by atoms with Crippen LogP contribution in [0.5, 0.6) is 0 Å². The summed E-state index contributed by atoms with van der Waals surface area (Å²) in [4.78, 5) is 25.4. The lowest BCUT2D eigenvalue weighted by atomic mass is 10.2. The van der Waals surface area contributed by atoms with E-state index in [4.69, 9.17) is 4.74 Å². The Morgan fingerprint density at radius 1 is 1.07 bits per heavy atom. The van der Waals surface area contributed by atoms with Crippen LogP contribution in [0.1, 0.15) is 10.4 Å². The number of benzene rings is 2. The maximum Gasteiger partial charge on any atom is 0.338 e. The second kappa shape index (κ2) is 9.62. The van der Waals surface area contributed by atoms with Gasteiger partial charge >= 0.3 is 5.97 Å². The summed E-state index contributed by atoms with van der Waals surface area (Å²) in [5, 5.41) is 2.78. The van der Waals surface area contributed by atoms with Gasteiger partial charge in [-0.2, -0.15) is 0 Å². The minimum atomic E-state index is -0.543. The van der Waals surface area contributed by atoms with Gasteiger partial charge in [-0.15, -0.1) is 18.3 Å². The molecule has 1 N–H and O–H groups in total. The SMILES string of the molecule is C=CCSc1ccccc1NC(=O)COC(=O)c1cccc(-n2cccc2)c1. The Morgan fingerprint density at radius 3 is 2.64 bits per heavy atom. The molecule has 0 atom stereocenters. The molecule has 3 rings (SSSR count). The normalized spacial score (nSPS) is 10.3. The molecule has 2 aromatic carbocycles. The van der Waals surface area contributed by atoms with Crippen molar-refractivity contribution in [2.45, 2.75) is 4.90 Å². The average Bonchev–Trinajstić information content (AvgIpc) is 3.26. The summed E-state index contributed by atoms with van der Waals surface area (Å²) in [5.74, 6) is -0.195. The molecule has 6 heteroatoms. The van der Waals surface area contributed by atoms with Gasteiger partial charge < -0.3 is 14.6 Å². The number of carbonyl (C=O) groups excluding carboxylic acids is 2. The Morgan fingerprint density at radius 2 is 1.86 bits per heavy atom. The highest BCUT2D eigenvalue weighted by molar-refractivity contribution is 7.99. The van der Waals surface area contributed by atoms with Crippen LogP contribution in [0.3, 0.4) is 0 Å². The van der Waals surface area contributed by atoms with Gasteiger partial charge in [-0.05, 0) is 42.5 Å². The van der Waals surface area contributed by atoms with Crippen LogP contribution in [-0.2, 0) is 9.53 Å². The van der Waals surface area contributed by atoms with Crippen molar-refractivity contribution in [2.24, 2.45) is 0 Å². The van der Waals surface area contributed by atoms with Crippen molar-refractivity contribution in [3.8, 4) is 5.69 Å². The van der Waals surface area contributed by atoms with E-state index in [1.165, 1.54) is 0 Å². The van der Waals surface area contributed by atoms with Crippen molar-refractivity contribution in [1.29, 1.82) is 0 Å². The molecule has 0 fully saturated rings. The van der Waals surface area contributed by atoms with Gasteiger partial charge in [0.15, 0.2) is 6.61 Å². The van der Waals surface area contributed by atoms with Crippen LogP contribution in [0.4, 0.5) is 5.69 Å². The highest BCUT2D eigenvalue weighted by Crippen LogP contribution is 2.26. The number of esters is 1. The molecule has 1 aromatic heterocycles. The van der Waals surface area contributed by atoms with Crippen molar-refractivity contribution in [3.05, 3.63) is 91.3 Å². The molecular weight excluding hydrogens is 372 g/mol. The van der Waals surface area contributed by atoms with Gasteiger partial charge in [-0.1, -0.05) is 24.3 Å². The first-order valence-electron chi connectivity index (χ1n) is 8.70. The number of nitrogens with one attached hydrogen (secondary N) is 1. The van der Waals surface area contributed by atoms with Gasteiger partial charge in [-0.3, -0.25) is 4.79 Å². The molecule has 0 bridgehead atoms. The molecule has 0 aliphatic rings. The third-order valence-corrected chi connectivity index (χ3v) is 4.91. The zero-order chi connectivity index (χ0) is 19.8. The van der Waals surface area contributed by atoms with Crippen molar-refractivity contribution in [1.82, 2.24) is 4.57 Å². The van der Waals surface area contributed by atoms with Crippen LogP contribution in [-0.4, -0.2) is 28.8 Å². The monoisotopic (exact) mass is 392 g/mol. The Bertz CT molecular complexity index is 967. The Hall–Kier alpha value is -3.25. The molecule has 1 heterocycles. The van der Waals surface area contributed by atoms with Crippen LogP contribution in [0.25, 0.3) is 5.69 Å². The van der Waals surface area contributed by atoms with E-state index in [0.29, 0.717) is 11.3 Å². The summed E-state index contributed by atoms with van der Waals surface area (Å²) in [6.07, 6.45) is 5.58. The average molecular weight is 392 g/mol. The molecule has 142 valence electrons. The number of ether oxygens (including phenoxy) is 1. The van der Waals surface area contributed by atoms with E-state index in [2.05, 4.69) is 11.9 Å². The van der Waals surface area contributed by atoms with Gasteiger partial charge in [0, 0.05) is 28.7 Å². The number of rotatable bonds is 8. The second-order valence-electron chi connectivity index (χ2n) is 5.86. The molecule has 0 spiro atoms. The lowest BCUT2D eigenvalue weighted by Crippen LogP contribution is -2.21.